The van der Waals surface area contributed by atoms with E-state index in [0.29, 0.717) is 5.17 Å². The van der Waals surface area contributed by atoms with Crippen molar-refractivity contribution in [2.24, 2.45) is 10.7 Å². The number of nitrogens with one attached hydrogen (secondary N) is 1. The maximum absolute atomic E-state index is 12.4. The minimum absolute atomic E-state index is 0.115. The van der Waals surface area contributed by atoms with Crippen molar-refractivity contribution in [3.63, 3.8) is 0 Å². The lowest BCUT2D eigenvalue weighted by Gasteiger charge is -2.12. The van der Waals surface area contributed by atoms with Crippen LogP contribution in [-0.2, 0) is 16.0 Å². The number of rotatable bonds is 4. The van der Waals surface area contributed by atoms with Crippen molar-refractivity contribution in [2.75, 3.05) is 0 Å². The normalized spacial score (nSPS) is 18.4. The van der Waals surface area contributed by atoms with Gasteiger partial charge in [0, 0.05) is 0 Å². The SMILES string of the molecule is Cc1ccc(/N=C2/NC(=O)C(c3cc(C)ccc3CC(N)=O)S2)cc1. The van der Waals surface area contributed by atoms with E-state index in [0.717, 1.165) is 27.9 Å². The molecule has 0 bridgehead atoms. The Balaban J connectivity index is 1.89. The zero-order valence-corrected chi connectivity index (χ0v) is 14.9. The van der Waals surface area contributed by atoms with E-state index in [1.807, 2.05) is 56.3 Å². The Bertz CT molecular complexity index is 859. The average molecular weight is 353 g/mol. The van der Waals surface area contributed by atoms with Crippen LogP contribution in [0.15, 0.2) is 47.5 Å². The molecule has 0 aromatic heterocycles. The molecule has 6 heteroatoms. The van der Waals surface area contributed by atoms with E-state index in [9.17, 15) is 9.59 Å². The number of nitrogens with zero attached hydrogens (tertiary/aromatic N) is 1. The van der Waals surface area contributed by atoms with Gasteiger partial charge in [0.05, 0.1) is 12.1 Å². The quantitative estimate of drug-likeness (QED) is 0.886. The fraction of sp³-hybridized carbons (Fsp3) is 0.211. The van der Waals surface area contributed by atoms with E-state index in [2.05, 4.69) is 10.3 Å². The lowest BCUT2D eigenvalue weighted by Crippen LogP contribution is -2.22. The molecule has 2 aromatic carbocycles. The highest BCUT2D eigenvalue weighted by Gasteiger charge is 2.33. The first kappa shape index (κ1) is 17.2. The molecule has 2 amide bonds. The molecule has 1 aliphatic rings. The summed E-state index contributed by atoms with van der Waals surface area (Å²) in [6.07, 6.45) is 0.115. The Morgan fingerprint density at radius 2 is 1.84 bits per heavy atom. The first-order valence-electron chi connectivity index (χ1n) is 7.93. The van der Waals surface area contributed by atoms with Gasteiger partial charge in [-0.1, -0.05) is 53.2 Å². The van der Waals surface area contributed by atoms with Crippen molar-refractivity contribution in [1.82, 2.24) is 5.32 Å². The van der Waals surface area contributed by atoms with Crippen LogP contribution in [0, 0.1) is 13.8 Å². The topological polar surface area (TPSA) is 84.6 Å². The zero-order valence-electron chi connectivity index (χ0n) is 14.1. The molecule has 25 heavy (non-hydrogen) atoms. The summed E-state index contributed by atoms with van der Waals surface area (Å²) in [5, 5.41) is 2.95. The number of amides is 2. The lowest BCUT2D eigenvalue weighted by atomic mass is 9.98. The summed E-state index contributed by atoms with van der Waals surface area (Å²) in [5.41, 5.74) is 9.90. The van der Waals surface area contributed by atoms with Crippen molar-refractivity contribution < 1.29 is 9.59 Å². The van der Waals surface area contributed by atoms with Gasteiger partial charge in [-0.2, -0.15) is 0 Å². The number of benzene rings is 2. The molecule has 3 N–H and O–H groups in total. The summed E-state index contributed by atoms with van der Waals surface area (Å²) in [6.45, 7) is 3.97. The van der Waals surface area contributed by atoms with Crippen LogP contribution in [0.1, 0.15) is 27.5 Å². The highest BCUT2D eigenvalue weighted by molar-refractivity contribution is 8.15. The third-order valence-electron chi connectivity index (χ3n) is 3.91. The summed E-state index contributed by atoms with van der Waals surface area (Å²) in [7, 11) is 0. The first-order chi connectivity index (χ1) is 11.9. The second-order valence-electron chi connectivity index (χ2n) is 6.09. The summed E-state index contributed by atoms with van der Waals surface area (Å²) in [4.78, 5) is 28.3. The molecule has 1 atom stereocenters. The van der Waals surface area contributed by atoms with Gasteiger partial charge in [-0.3, -0.25) is 9.59 Å². The van der Waals surface area contributed by atoms with Crippen molar-refractivity contribution in [1.29, 1.82) is 0 Å². The van der Waals surface area contributed by atoms with Crippen LogP contribution in [0.2, 0.25) is 0 Å². The Morgan fingerprint density at radius 3 is 2.52 bits per heavy atom. The number of aryl methyl sites for hydroxylation is 2. The van der Waals surface area contributed by atoms with Crippen molar-refractivity contribution in [2.45, 2.75) is 25.5 Å². The molecule has 128 valence electrons. The Hall–Kier alpha value is -2.60. The number of hydrogen-bond acceptors (Lipinski definition) is 4. The number of nitrogens with two attached hydrogens (primary N) is 1. The van der Waals surface area contributed by atoms with Gasteiger partial charge < -0.3 is 11.1 Å². The van der Waals surface area contributed by atoms with Crippen molar-refractivity contribution in [3.05, 3.63) is 64.7 Å². The predicted molar refractivity (Wildman–Crippen MR) is 101 cm³/mol. The van der Waals surface area contributed by atoms with Gasteiger partial charge in [-0.25, -0.2) is 4.99 Å². The minimum atomic E-state index is -0.432. The van der Waals surface area contributed by atoms with Crippen LogP contribution in [0.4, 0.5) is 5.69 Å². The summed E-state index contributed by atoms with van der Waals surface area (Å²) in [6, 6.07) is 13.5. The molecule has 1 fully saturated rings. The summed E-state index contributed by atoms with van der Waals surface area (Å²) in [5.74, 6) is -0.547. The molecule has 3 rings (SSSR count). The number of aliphatic imine (C=N–C) groups is 1. The molecule has 5 nitrogen and oxygen atoms in total. The molecule has 0 aliphatic carbocycles. The van der Waals surface area contributed by atoms with Crippen LogP contribution in [-0.4, -0.2) is 17.0 Å². The standard InChI is InChI=1S/C19H19N3O2S/c1-11-4-7-14(8-5-11)21-19-22-18(24)17(25-19)15-9-12(2)3-6-13(15)10-16(20)23/h3-9,17H,10H2,1-2H3,(H2,20,23)(H,21,22,24). The summed E-state index contributed by atoms with van der Waals surface area (Å²) >= 11 is 1.36. The first-order valence-corrected chi connectivity index (χ1v) is 8.81. The minimum Gasteiger partial charge on any atom is -0.369 e. The molecule has 1 heterocycles. The molecule has 0 radical (unpaired) electrons. The lowest BCUT2D eigenvalue weighted by molar-refractivity contribution is -0.119. The van der Waals surface area contributed by atoms with Crippen LogP contribution >= 0.6 is 11.8 Å². The molecule has 0 spiro atoms. The second-order valence-corrected chi connectivity index (χ2v) is 7.18. The van der Waals surface area contributed by atoms with Gasteiger partial charge in [0.25, 0.3) is 0 Å². The van der Waals surface area contributed by atoms with Gasteiger partial charge in [-0.05, 0) is 37.1 Å². The smallest absolute Gasteiger partial charge is 0.244 e. The molecule has 1 saturated heterocycles. The number of hydrogen-bond donors (Lipinski definition) is 2. The molecule has 1 unspecified atom stereocenters. The molecule has 1 aliphatic heterocycles. The summed E-state index contributed by atoms with van der Waals surface area (Å²) < 4.78 is 0. The number of thioether (sulfide) groups is 1. The number of primary amides is 1. The van der Waals surface area contributed by atoms with Gasteiger partial charge in [-0.15, -0.1) is 0 Å². The van der Waals surface area contributed by atoms with Gasteiger partial charge >= 0.3 is 0 Å². The third kappa shape index (κ3) is 4.09. The van der Waals surface area contributed by atoms with E-state index in [1.54, 1.807) is 0 Å². The molecular weight excluding hydrogens is 334 g/mol. The number of amidine groups is 1. The van der Waals surface area contributed by atoms with E-state index in [4.69, 9.17) is 5.73 Å². The van der Waals surface area contributed by atoms with Gasteiger partial charge in [0.2, 0.25) is 11.8 Å². The number of carbonyl (C=O) groups excluding carboxylic acids is 2. The van der Waals surface area contributed by atoms with Crippen molar-refractivity contribution in [3.8, 4) is 0 Å². The maximum atomic E-state index is 12.4. The van der Waals surface area contributed by atoms with Crippen LogP contribution in [0.25, 0.3) is 0 Å². The van der Waals surface area contributed by atoms with Crippen LogP contribution in [0.5, 0.6) is 0 Å². The van der Waals surface area contributed by atoms with E-state index < -0.39 is 11.2 Å². The van der Waals surface area contributed by atoms with E-state index in [-0.39, 0.29) is 12.3 Å². The maximum Gasteiger partial charge on any atom is 0.244 e. The molecular formula is C19H19N3O2S. The highest BCUT2D eigenvalue weighted by Crippen LogP contribution is 2.37. The van der Waals surface area contributed by atoms with E-state index in [1.165, 1.54) is 11.8 Å². The second kappa shape index (κ2) is 7.11. The Kier molecular flexibility index (Phi) is 4.90. The zero-order chi connectivity index (χ0) is 18.0. The average Bonchev–Trinajstić information content (AvgIpc) is 2.91. The van der Waals surface area contributed by atoms with Crippen LogP contribution < -0.4 is 11.1 Å². The highest BCUT2D eigenvalue weighted by atomic mass is 32.2. The Labute approximate surface area is 150 Å². The molecule has 0 saturated carbocycles. The monoisotopic (exact) mass is 353 g/mol. The molecule has 2 aromatic rings. The van der Waals surface area contributed by atoms with Gasteiger partial charge in [0.1, 0.15) is 5.25 Å². The fourth-order valence-electron chi connectivity index (χ4n) is 2.67. The fourth-order valence-corrected chi connectivity index (χ4v) is 3.72. The van der Waals surface area contributed by atoms with Gasteiger partial charge in [0.15, 0.2) is 5.17 Å². The number of carbonyl (C=O) groups is 2. The third-order valence-corrected chi connectivity index (χ3v) is 5.03. The van der Waals surface area contributed by atoms with Crippen LogP contribution in [0.3, 0.4) is 0 Å². The Morgan fingerprint density at radius 1 is 1.16 bits per heavy atom. The largest absolute Gasteiger partial charge is 0.369 e. The van der Waals surface area contributed by atoms with E-state index >= 15 is 0 Å². The van der Waals surface area contributed by atoms with Crippen molar-refractivity contribution >= 4 is 34.4 Å². The predicted octanol–water partition coefficient (Wildman–Crippen LogP) is 2.92.